The van der Waals surface area contributed by atoms with Gasteiger partial charge >= 0.3 is 0 Å². The predicted octanol–water partition coefficient (Wildman–Crippen LogP) is 4.38. The molecule has 6 rings (SSSR count). The first-order valence-electron chi connectivity index (χ1n) is 10.3. The van der Waals surface area contributed by atoms with E-state index >= 15 is 0 Å². The average molecular weight is 466 g/mol. The Morgan fingerprint density at radius 3 is 2.85 bits per heavy atom. The number of nitrogens with one attached hydrogen (secondary N) is 1. The molecular formula is C23H20FN5O3S. The molecule has 0 saturated heterocycles. The summed E-state index contributed by atoms with van der Waals surface area (Å²) in [6.45, 7) is 2.25. The van der Waals surface area contributed by atoms with Crippen molar-refractivity contribution in [2.45, 2.75) is 26.2 Å². The van der Waals surface area contributed by atoms with Crippen molar-refractivity contribution in [3.8, 4) is 28.1 Å². The predicted molar refractivity (Wildman–Crippen MR) is 119 cm³/mol. The number of ether oxygens (including phenoxy) is 2. The van der Waals surface area contributed by atoms with E-state index in [4.69, 9.17) is 14.7 Å². The first-order valence-corrected chi connectivity index (χ1v) is 11.2. The zero-order chi connectivity index (χ0) is 23.2. The minimum absolute atomic E-state index is 0.0755. The molecular weight excluding hydrogens is 445 g/mol. The Labute approximate surface area is 193 Å². The molecule has 2 heterocycles. The highest BCUT2D eigenvalue weighted by molar-refractivity contribution is 7.17. The molecule has 3 aliphatic carbocycles. The molecule has 2 bridgehead atoms. The molecule has 0 spiro atoms. The highest BCUT2D eigenvalue weighted by Crippen LogP contribution is 2.72. The van der Waals surface area contributed by atoms with Crippen LogP contribution in [0.5, 0.6) is 10.9 Å². The molecule has 3 aromatic rings. The van der Waals surface area contributed by atoms with Crippen LogP contribution in [0.25, 0.3) is 11.1 Å². The van der Waals surface area contributed by atoms with Crippen LogP contribution in [0.1, 0.15) is 35.3 Å². The number of carbonyl (C=O) groups is 1. The van der Waals surface area contributed by atoms with E-state index in [0.29, 0.717) is 28.8 Å². The van der Waals surface area contributed by atoms with Gasteiger partial charge in [-0.3, -0.25) is 15.1 Å². The van der Waals surface area contributed by atoms with Gasteiger partial charge in [-0.2, -0.15) is 5.26 Å². The highest BCUT2D eigenvalue weighted by atomic mass is 32.1. The maximum atomic E-state index is 14.7. The number of nitriles is 1. The summed E-state index contributed by atoms with van der Waals surface area (Å²) in [6.07, 6.45) is 3.99. The molecule has 8 nitrogen and oxygen atoms in total. The molecule has 33 heavy (non-hydrogen) atoms. The van der Waals surface area contributed by atoms with E-state index < -0.39 is 11.7 Å². The van der Waals surface area contributed by atoms with Gasteiger partial charge in [0.25, 0.3) is 11.1 Å². The maximum Gasteiger partial charge on any atom is 0.295 e. The van der Waals surface area contributed by atoms with Crippen molar-refractivity contribution in [2.75, 3.05) is 19.0 Å². The van der Waals surface area contributed by atoms with E-state index in [-0.39, 0.29) is 27.1 Å². The second-order valence-electron chi connectivity index (χ2n) is 8.73. The molecule has 2 aromatic heterocycles. The van der Waals surface area contributed by atoms with Crippen LogP contribution in [0.3, 0.4) is 0 Å². The number of benzene rings is 1. The molecule has 3 saturated carbocycles. The van der Waals surface area contributed by atoms with Crippen LogP contribution in [0, 0.1) is 34.9 Å². The van der Waals surface area contributed by atoms with E-state index in [9.17, 15) is 9.18 Å². The third-order valence-electron chi connectivity index (χ3n) is 6.26. The van der Waals surface area contributed by atoms with E-state index in [1.807, 2.05) is 0 Å². The molecule has 0 aliphatic heterocycles. The fraction of sp³-hybridized carbons (Fsp3) is 0.348. The average Bonchev–Trinajstić information content (AvgIpc) is 3.19. The molecule has 0 atom stereocenters. The lowest BCUT2D eigenvalue weighted by molar-refractivity contribution is -0.181. The van der Waals surface area contributed by atoms with Gasteiger partial charge in [0.2, 0.25) is 5.13 Å². The van der Waals surface area contributed by atoms with Crippen LogP contribution >= 0.6 is 11.3 Å². The second kappa shape index (κ2) is 7.78. The van der Waals surface area contributed by atoms with Gasteiger partial charge in [0.05, 0.1) is 36.3 Å². The number of pyridine rings is 1. The van der Waals surface area contributed by atoms with Crippen LogP contribution in [-0.4, -0.2) is 34.8 Å². The minimum Gasteiger partial charge on any atom is -0.496 e. The van der Waals surface area contributed by atoms with Crippen LogP contribution in [0.4, 0.5) is 9.52 Å². The number of nitrogens with zero attached hydrogens (tertiary/aromatic N) is 4. The van der Waals surface area contributed by atoms with E-state index in [2.05, 4.69) is 26.6 Å². The summed E-state index contributed by atoms with van der Waals surface area (Å²) in [6, 6.07) is 8.50. The summed E-state index contributed by atoms with van der Waals surface area (Å²) in [5.74, 6) is -0.693. The Balaban J connectivity index is 1.32. The zero-order valence-corrected chi connectivity index (χ0v) is 18.8. The number of methoxy groups -OCH3 is 1. The lowest BCUT2D eigenvalue weighted by Crippen LogP contribution is -2.63. The van der Waals surface area contributed by atoms with Gasteiger partial charge < -0.3 is 9.47 Å². The molecule has 1 aromatic carbocycles. The monoisotopic (exact) mass is 465 g/mol. The molecule has 3 fully saturated rings. The van der Waals surface area contributed by atoms with Crippen molar-refractivity contribution in [3.05, 3.63) is 47.5 Å². The van der Waals surface area contributed by atoms with Crippen molar-refractivity contribution in [1.82, 2.24) is 15.2 Å². The van der Waals surface area contributed by atoms with Crippen molar-refractivity contribution in [3.63, 3.8) is 0 Å². The lowest BCUT2D eigenvalue weighted by atomic mass is 9.36. The summed E-state index contributed by atoms with van der Waals surface area (Å²) < 4.78 is 25.8. The Hall–Kier alpha value is -3.58. The minimum atomic E-state index is -0.507. The molecule has 168 valence electrons. The molecule has 3 aliphatic rings. The SMILES string of the molecule is COc1cccc(F)c1-c1cc(C)ncc1C(=O)Nc1nnc(OCC23CC(C#N)(C2)C3)s1. The third-order valence-corrected chi connectivity index (χ3v) is 7.01. The van der Waals surface area contributed by atoms with Crippen molar-refractivity contribution < 1.29 is 18.7 Å². The first-order chi connectivity index (χ1) is 15.9. The van der Waals surface area contributed by atoms with Gasteiger partial charge in [0.1, 0.15) is 11.6 Å². The quantitative estimate of drug-likeness (QED) is 0.551. The van der Waals surface area contributed by atoms with Crippen molar-refractivity contribution in [1.29, 1.82) is 5.26 Å². The summed E-state index contributed by atoms with van der Waals surface area (Å²) in [5.41, 5.74) is 1.30. The third kappa shape index (κ3) is 3.68. The summed E-state index contributed by atoms with van der Waals surface area (Å²) in [7, 11) is 1.45. The van der Waals surface area contributed by atoms with Gasteiger partial charge in [-0.05, 0) is 55.7 Å². The van der Waals surface area contributed by atoms with Crippen LogP contribution in [-0.2, 0) is 0 Å². The van der Waals surface area contributed by atoms with E-state index in [1.54, 1.807) is 25.1 Å². The maximum absolute atomic E-state index is 14.7. The Morgan fingerprint density at radius 2 is 2.12 bits per heavy atom. The fourth-order valence-corrected chi connectivity index (χ4v) is 5.44. The standard InChI is InChI=1S/C23H20FN5O3S/c1-13-6-14(18-16(24)4-3-5-17(18)31-2)15(7-26-13)19(30)27-20-28-29-21(33-20)32-12-23-8-22(9-23,10-23)11-25/h3-7H,8-10,12H2,1-2H3,(H,27,28,30). The molecule has 0 radical (unpaired) electrons. The summed E-state index contributed by atoms with van der Waals surface area (Å²) >= 11 is 1.11. The Morgan fingerprint density at radius 1 is 1.33 bits per heavy atom. The molecule has 1 N–H and O–H groups in total. The van der Waals surface area contributed by atoms with E-state index in [0.717, 1.165) is 30.6 Å². The van der Waals surface area contributed by atoms with Crippen LogP contribution < -0.4 is 14.8 Å². The molecule has 0 unspecified atom stereocenters. The van der Waals surface area contributed by atoms with Gasteiger partial charge in [0, 0.05) is 22.9 Å². The fourth-order valence-electron chi connectivity index (χ4n) is 4.85. The highest BCUT2D eigenvalue weighted by Gasteiger charge is 2.68. The van der Waals surface area contributed by atoms with Crippen LogP contribution in [0.15, 0.2) is 30.5 Å². The number of aromatic nitrogens is 3. The molecule has 1 amide bonds. The van der Waals surface area contributed by atoms with Crippen molar-refractivity contribution >= 4 is 22.4 Å². The number of amides is 1. The van der Waals surface area contributed by atoms with Gasteiger partial charge in [-0.15, -0.1) is 5.10 Å². The largest absolute Gasteiger partial charge is 0.496 e. The number of hydrogen-bond acceptors (Lipinski definition) is 8. The van der Waals surface area contributed by atoms with Crippen LogP contribution in [0.2, 0.25) is 0 Å². The lowest BCUT2D eigenvalue weighted by Gasteiger charge is -2.66. The molecule has 10 heteroatoms. The number of carbonyl (C=O) groups excluding carboxylic acids is 1. The summed E-state index contributed by atoms with van der Waals surface area (Å²) in [5, 5.41) is 20.4. The Kier molecular flexibility index (Phi) is 5.01. The number of halogens is 1. The number of anilines is 1. The topological polar surface area (TPSA) is 110 Å². The first kappa shape index (κ1) is 21.3. The number of rotatable bonds is 7. The van der Waals surface area contributed by atoms with Crippen molar-refractivity contribution in [2.24, 2.45) is 10.8 Å². The normalized spacial score (nSPS) is 22.5. The smallest absolute Gasteiger partial charge is 0.295 e. The van der Waals surface area contributed by atoms with Gasteiger partial charge in [0.15, 0.2) is 0 Å². The number of aryl methyl sites for hydroxylation is 1. The van der Waals surface area contributed by atoms with Gasteiger partial charge in [-0.1, -0.05) is 11.2 Å². The number of hydrogen-bond donors (Lipinski definition) is 1. The summed E-state index contributed by atoms with van der Waals surface area (Å²) in [4.78, 5) is 17.2. The van der Waals surface area contributed by atoms with E-state index in [1.165, 1.54) is 19.4 Å². The zero-order valence-electron chi connectivity index (χ0n) is 18.0. The van der Waals surface area contributed by atoms with Gasteiger partial charge in [-0.25, -0.2) is 4.39 Å². The second-order valence-corrected chi connectivity index (χ2v) is 9.67. The Bertz CT molecular complexity index is 1280.